The predicted molar refractivity (Wildman–Crippen MR) is 154 cm³/mol. The number of hydrazine groups is 1. The third-order valence-corrected chi connectivity index (χ3v) is 7.73. The second-order valence-corrected chi connectivity index (χ2v) is 10.9. The molecule has 15 heteroatoms. The molecule has 44 heavy (non-hydrogen) atoms. The van der Waals surface area contributed by atoms with Crippen molar-refractivity contribution in [2.75, 3.05) is 13.2 Å². The first-order valence-electron chi connectivity index (χ1n) is 13.6. The number of fused-ring (bicyclic) bond motifs is 1. The zero-order valence-electron chi connectivity index (χ0n) is 23.2. The number of hydrogen-bond donors (Lipinski definition) is 3. The van der Waals surface area contributed by atoms with Crippen LogP contribution in [0.2, 0.25) is 10.0 Å². The molecule has 2 fully saturated rings. The van der Waals surface area contributed by atoms with Crippen molar-refractivity contribution in [3.8, 4) is 0 Å². The maximum Gasteiger partial charge on any atom is 0.341 e. The normalized spacial score (nSPS) is 18.9. The molecule has 13 nitrogen and oxygen atoms in total. The summed E-state index contributed by atoms with van der Waals surface area (Å²) in [6.07, 6.45) is -0.499. The summed E-state index contributed by atoms with van der Waals surface area (Å²) in [6.45, 7) is -0.768. The van der Waals surface area contributed by atoms with E-state index in [1.807, 2.05) is 0 Å². The quantitative estimate of drug-likeness (QED) is 0.325. The van der Waals surface area contributed by atoms with Crippen molar-refractivity contribution in [1.29, 1.82) is 0 Å². The number of nitrogens with zero attached hydrogens (tertiary/aromatic N) is 2. The third kappa shape index (κ3) is 7.53. The molecule has 0 unspecified atom stereocenters. The Morgan fingerprint density at radius 1 is 0.977 bits per heavy atom. The number of carbonyl (C=O) groups is 7. The monoisotopic (exact) mass is 646 g/mol. The van der Waals surface area contributed by atoms with Gasteiger partial charge >= 0.3 is 11.9 Å². The number of carbonyl (C=O) groups excluding carboxylic acids is 6. The lowest BCUT2D eigenvalue weighted by Crippen LogP contribution is -2.64. The van der Waals surface area contributed by atoms with Gasteiger partial charge in [0.15, 0.2) is 12.4 Å². The molecule has 2 aromatic carbocycles. The fraction of sp³-hybridized carbons (Fsp3) is 0.345. The van der Waals surface area contributed by atoms with E-state index in [1.165, 1.54) is 18.2 Å². The number of rotatable bonds is 10. The largest absolute Gasteiger partial charge is 0.481 e. The molecule has 0 bridgehead atoms. The van der Waals surface area contributed by atoms with Gasteiger partial charge in [-0.1, -0.05) is 47.5 Å². The van der Waals surface area contributed by atoms with Crippen molar-refractivity contribution < 1.29 is 43.4 Å². The predicted octanol–water partition coefficient (Wildman–Crippen LogP) is 2.01. The van der Waals surface area contributed by atoms with Crippen molar-refractivity contribution in [1.82, 2.24) is 20.7 Å². The van der Waals surface area contributed by atoms with E-state index in [1.54, 1.807) is 30.3 Å². The summed E-state index contributed by atoms with van der Waals surface area (Å²) in [5.41, 5.74) is 0.108. The summed E-state index contributed by atoms with van der Waals surface area (Å²) in [5, 5.41) is 16.4. The first-order valence-corrected chi connectivity index (χ1v) is 14.4. The number of nitrogens with one attached hydrogen (secondary N) is 2. The molecule has 0 aliphatic carbocycles. The Bertz CT molecular complexity index is 1470. The molecule has 0 spiro atoms. The first-order chi connectivity index (χ1) is 21.0. The van der Waals surface area contributed by atoms with E-state index < -0.39 is 72.5 Å². The standard InChI is InChI=1S/C29H28Cl2N4O9/c30-17-8-4-9-18(31)25(17)29(43)44-15-22(36)20(14-24(38)39)33-27(41)21-10-5-13-34-23(37)12-11-19(28(42)35(21)34)32-26(40)16-6-2-1-3-7-16/h1-4,6-9,19-21H,5,10-15H2,(H,32,40)(H,33,41)(H,38,39)/t19-,20-,21-/m0/s1. The molecule has 2 aliphatic heterocycles. The maximum atomic E-state index is 13.7. The topological polar surface area (TPSA) is 179 Å². The summed E-state index contributed by atoms with van der Waals surface area (Å²) < 4.78 is 5.00. The van der Waals surface area contributed by atoms with Gasteiger partial charge < -0.3 is 20.5 Å². The van der Waals surface area contributed by atoms with E-state index in [-0.39, 0.29) is 41.4 Å². The number of benzene rings is 2. The van der Waals surface area contributed by atoms with Crippen molar-refractivity contribution in [2.45, 2.75) is 50.2 Å². The molecule has 0 aromatic heterocycles. The average Bonchev–Trinajstić information content (AvgIpc) is 3.11. The Labute approximate surface area is 261 Å². The second-order valence-electron chi connectivity index (χ2n) is 10.1. The van der Waals surface area contributed by atoms with E-state index in [0.29, 0.717) is 12.0 Å². The zero-order chi connectivity index (χ0) is 32.0. The lowest BCUT2D eigenvalue weighted by Gasteiger charge is -2.43. The lowest BCUT2D eigenvalue weighted by molar-refractivity contribution is -0.176. The number of ketones is 1. The van der Waals surface area contributed by atoms with E-state index in [9.17, 15) is 38.7 Å². The second kappa shape index (κ2) is 14.3. The van der Waals surface area contributed by atoms with Crippen LogP contribution < -0.4 is 10.6 Å². The van der Waals surface area contributed by atoms with Crippen LogP contribution in [0.25, 0.3) is 0 Å². The molecule has 2 aliphatic rings. The van der Waals surface area contributed by atoms with Gasteiger partial charge in [-0.25, -0.2) is 9.80 Å². The first kappa shape index (κ1) is 32.4. The van der Waals surface area contributed by atoms with Crippen molar-refractivity contribution in [3.63, 3.8) is 0 Å². The van der Waals surface area contributed by atoms with Gasteiger partial charge in [0.25, 0.3) is 11.8 Å². The molecule has 3 atom stereocenters. The number of ether oxygens (including phenoxy) is 1. The average molecular weight is 647 g/mol. The van der Waals surface area contributed by atoms with E-state index in [0.717, 1.165) is 10.0 Å². The zero-order valence-corrected chi connectivity index (χ0v) is 24.7. The molecule has 3 N–H and O–H groups in total. The number of hydrogen-bond acceptors (Lipinski definition) is 8. The Kier molecular flexibility index (Phi) is 10.6. The van der Waals surface area contributed by atoms with Gasteiger partial charge in [-0.05, 0) is 43.5 Å². The van der Waals surface area contributed by atoms with Crippen LogP contribution in [-0.2, 0) is 28.7 Å². The van der Waals surface area contributed by atoms with Crippen molar-refractivity contribution in [3.05, 3.63) is 69.7 Å². The minimum atomic E-state index is -1.64. The van der Waals surface area contributed by atoms with Gasteiger partial charge in [0, 0.05) is 18.5 Å². The molecule has 2 heterocycles. The van der Waals surface area contributed by atoms with Gasteiger partial charge in [0.05, 0.1) is 22.0 Å². The van der Waals surface area contributed by atoms with E-state index >= 15 is 0 Å². The minimum absolute atomic E-state index is 0.00147. The molecule has 0 radical (unpaired) electrons. The number of esters is 1. The van der Waals surface area contributed by atoms with Crippen LogP contribution in [0.4, 0.5) is 0 Å². The highest BCUT2D eigenvalue weighted by atomic mass is 35.5. The number of amides is 4. The van der Waals surface area contributed by atoms with Crippen LogP contribution in [0.15, 0.2) is 48.5 Å². The van der Waals surface area contributed by atoms with Crippen LogP contribution in [0.5, 0.6) is 0 Å². The summed E-state index contributed by atoms with van der Waals surface area (Å²) in [4.78, 5) is 89.9. The smallest absolute Gasteiger partial charge is 0.341 e. The molecule has 4 amide bonds. The Balaban J connectivity index is 1.49. The Morgan fingerprint density at radius 3 is 2.32 bits per heavy atom. The molecule has 4 rings (SSSR count). The van der Waals surface area contributed by atoms with Crippen molar-refractivity contribution in [2.24, 2.45) is 0 Å². The molecule has 232 valence electrons. The van der Waals surface area contributed by atoms with Gasteiger partial charge in [-0.3, -0.25) is 33.8 Å². The molecule has 2 saturated heterocycles. The number of carboxylic acid groups (broad SMARTS) is 1. The Morgan fingerprint density at radius 2 is 1.66 bits per heavy atom. The molecular formula is C29H28Cl2N4O9. The van der Waals surface area contributed by atoms with E-state index in [4.69, 9.17) is 27.9 Å². The van der Waals surface area contributed by atoms with Gasteiger partial charge in [-0.2, -0.15) is 0 Å². The maximum absolute atomic E-state index is 13.7. The highest BCUT2D eigenvalue weighted by Crippen LogP contribution is 2.26. The van der Waals surface area contributed by atoms with Gasteiger partial charge in [0.1, 0.15) is 18.1 Å². The van der Waals surface area contributed by atoms with Gasteiger partial charge in [-0.15, -0.1) is 0 Å². The molecule has 2 aromatic rings. The SMILES string of the molecule is O=C(O)C[C@H](NC(=O)[C@@H]1CCCN2C(=O)CC[C@H](NC(=O)c3ccccc3)C(=O)N12)C(=O)COC(=O)c1c(Cl)cccc1Cl. The highest BCUT2D eigenvalue weighted by Gasteiger charge is 2.45. The van der Waals surface area contributed by atoms with Crippen LogP contribution in [0, 0.1) is 0 Å². The number of carboxylic acids is 1. The minimum Gasteiger partial charge on any atom is -0.481 e. The van der Waals surface area contributed by atoms with Crippen LogP contribution in [0.3, 0.4) is 0 Å². The summed E-state index contributed by atoms with van der Waals surface area (Å²) in [7, 11) is 0. The van der Waals surface area contributed by atoms with E-state index in [2.05, 4.69) is 10.6 Å². The fourth-order valence-corrected chi connectivity index (χ4v) is 5.48. The summed E-state index contributed by atoms with van der Waals surface area (Å²) >= 11 is 12.0. The number of aliphatic carboxylic acids is 1. The van der Waals surface area contributed by atoms with Gasteiger partial charge in [0.2, 0.25) is 11.8 Å². The fourth-order valence-electron chi connectivity index (χ4n) is 4.93. The third-order valence-electron chi connectivity index (χ3n) is 7.10. The number of Topliss-reactive ketones (excluding diaryl/α,β-unsaturated/α-hetero) is 1. The lowest BCUT2D eigenvalue weighted by atomic mass is 10.0. The molecule has 0 saturated carbocycles. The van der Waals surface area contributed by atoms with Crippen LogP contribution in [-0.4, -0.2) is 87.8 Å². The highest BCUT2D eigenvalue weighted by molar-refractivity contribution is 6.39. The summed E-state index contributed by atoms with van der Waals surface area (Å²) in [5.74, 6) is -5.99. The van der Waals surface area contributed by atoms with Crippen molar-refractivity contribution >= 4 is 64.6 Å². The number of halogens is 2. The van der Waals surface area contributed by atoms with Crippen LogP contribution in [0.1, 0.15) is 52.8 Å². The molecular weight excluding hydrogens is 619 g/mol. The Hall–Kier alpha value is -4.49. The summed E-state index contributed by atoms with van der Waals surface area (Å²) in [6, 6.07) is 8.37. The van der Waals surface area contributed by atoms with Crippen LogP contribution >= 0.6 is 23.2 Å².